The molecule has 0 spiro atoms. The molecule has 0 N–H and O–H groups in total. The average molecular weight is 202 g/mol. The van der Waals surface area contributed by atoms with Crippen LogP contribution in [0.3, 0.4) is 0 Å². The molecule has 0 radical (unpaired) electrons. The first-order valence-corrected chi connectivity index (χ1v) is 6.91. The van der Waals surface area contributed by atoms with Gasteiger partial charge in [-0.1, -0.05) is 6.42 Å². The number of thioether (sulfide) groups is 1. The molecule has 2 aliphatic rings. The van der Waals surface area contributed by atoms with Crippen molar-refractivity contribution in [2.75, 3.05) is 11.5 Å². The predicted molar refractivity (Wildman–Crippen MR) is 55.6 cm³/mol. The zero-order valence-corrected chi connectivity index (χ0v) is 8.81. The lowest BCUT2D eigenvalue weighted by atomic mass is 9.96. The van der Waals surface area contributed by atoms with Crippen molar-refractivity contribution < 1.29 is 4.21 Å². The van der Waals surface area contributed by atoms with Crippen LogP contribution in [0.25, 0.3) is 0 Å². The second-order valence-electron chi connectivity index (χ2n) is 3.35. The zero-order valence-electron chi connectivity index (χ0n) is 7.17. The van der Waals surface area contributed by atoms with Gasteiger partial charge in [0.05, 0.1) is 15.0 Å². The van der Waals surface area contributed by atoms with Crippen molar-refractivity contribution in [2.24, 2.45) is 0 Å². The molecule has 2 fully saturated rings. The SMILES string of the molecule is O=S1CCSC1=C1CCCCC1. The molecule has 1 aliphatic carbocycles. The third-order valence-electron chi connectivity index (χ3n) is 2.45. The van der Waals surface area contributed by atoms with Crippen LogP contribution in [0.15, 0.2) is 9.81 Å². The van der Waals surface area contributed by atoms with Gasteiger partial charge in [0, 0.05) is 11.5 Å². The zero-order chi connectivity index (χ0) is 8.39. The molecule has 1 saturated carbocycles. The highest BCUT2D eigenvalue weighted by molar-refractivity contribution is 8.19. The fourth-order valence-electron chi connectivity index (χ4n) is 1.81. The highest BCUT2D eigenvalue weighted by Gasteiger charge is 2.21. The number of rotatable bonds is 0. The Kier molecular flexibility index (Phi) is 2.92. The lowest BCUT2D eigenvalue weighted by molar-refractivity contribution is 0.599. The summed E-state index contributed by atoms with van der Waals surface area (Å²) in [7, 11) is -0.616. The molecule has 2 rings (SSSR count). The van der Waals surface area contributed by atoms with Crippen LogP contribution in [0.2, 0.25) is 0 Å². The van der Waals surface area contributed by atoms with Crippen LogP contribution in [0, 0.1) is 0 Å². The lowest BCUT2D eigenvalue weighted by Crippen LogP contribution is -1.99. The van der Waals surface area contributed by atoms with Crippen LogP contribution in [0.1, 0.15) is 32.1 Å². The largest absolute Gasteiger partial charge is 0.254 e. The second-order valence-corrected chi connectivity index (χ2v) is 6.22. The Labute approximate surface area is 80.5 Å². The molecule has 0 aromatic carbocycles. The van der Waals surface area contributed by atoms with E-state index in [9.17, 15) is 4.21 Å². The van der Waals surface area contributed by atoms with E-state index in [-0.39, 0.29) is 0 Å². The first-order chi connectivity index (χ1) is 5.88. The fourth-order valence-corrected chi connectivity index (χ4v) is 5.08. The quantitative estimate of drug-likeness (QED) is 0.601. The molecule has 1 aliphatic heterocycles. The Balaban J connectivity index is 2.16. The van der Waals surface area contributed by atoms with E-state index in [1.165, 1.54) is 41.9 Å². The van der Waals surface area contributed by atoms with E-state index in [1.807, 2.05) is 11.8 Å². The van der Waals surface area contributed by atoms with Crippen LogP contribution in [0.4, 0.5) is 0 Å². The molecule has 0 aromatic rings. The smallest absolute Gasteiger partial charge is 0.0708 e. The molecule has 3 heteroatoms. The van der Waals surface area contributed by atoms with Crippen molar-refractivity contribution in [3.63, 3.8) is 0 Å². The van der Waals surface area contributed by atoms with Crippen molar-refractivity contribution in [3.8, 4) is 0 Å². The third-order valence-corrected chi connectivity index (χ3v) is 5.86. The standard InChI is InChI=1S/C9H14OS2/c10-12-7-6-11-9(12)8-4-2-1-3-5-8/h1-7H2. The van der Waals surface area contributed by atoms with Gasteiger partial charge in [0.25, 0.3) is 0 Å². The molecule has 0 amide bonds. The Morgan fingerprint density at radius 1 is 1.17 bits per heavy atom. The maximum Gasteiger partial charge on any atom is 0.0708 e. The van der Waals surface area contributed by atoms with Gasteiger partial charge in [0.15, 0.2) is 0 Å². The van der Waals surface area contributed by atoms with E-state index in [4.69, 9.17) is 0 Å². The minimum atomic E-state index is -0.616. The van der Waals surface area contributed by atoms with Crippen molar-refractivity contribution in [2.45, 2.75) is 32.1 Å². The van der Waals surface area contributed by atoms with Gasteiger partial charge in [-0.05, 0) is 31.3 Å². The van der Waals surface area contributed by atoms with Crippen molar-refractivity contribution in [3.05, 3.63) is 9.81 Å². The minimum absolute atomic E-state index is 0.616. The molecule has 68 valence electrons. The highest BCUT2D eigenvalue weighted by atomic mass is 32.2. The maximum atomic E-state index is 11.5. The summed E-state index contributed by atoms with van der Waals surface area (Å²) in [6, 6.07) is 0. The molecule has 1 saturated heterocycles. The van der Waals surface area contributed by atoms with Crippen LogP contribution >= 0.6 is 11.8 Å². The summed E-state index contributed by atoms with van der Waals surface area (Å²) in [6.07, 6.45) is 6.43. The van der Waals surface area contributed by atoms with Crippen LogP contribution in [-0.4, -0.2) is 15.7 Å². The summed E-state index contributed by atoms with van der Waals surface area (Å²) in [5.74, 6) is 1.97. The summed E-state index contributed by atoms with van der Waals surface area (Å²) in [5.41, 5.74) is 1.52. The topological polar surface area (TPSA) is 17.1 Å². The molecule has 0 bridgehead atoms. The Morgan fingerprint density at radius 2 is 1.92 bits per heavy atom. The maximum absolute atomic E-state index is 11.5. The summed E-state index contributed by atoms with van der Waals surface area (Å²) >= 11 is 1.84. The fraction of sp³-hybridized carbons (Fsp3) is 0.778. The van der Waals surface area contributed by atoms with Crippen molar-refractivity contribution >= 4 is 22.6 Å². The highest BCUT2D eigenvalue weighted by Crippen LogP contribution is 2.36. The van der Waals surface area contributed by atoms with Crippen LogP contribution < -0.4 is 0 Å². The van der Waals surface area contributed by atoms with Gasteiger partial charge in [-0.3, -0.25) is 4.21 Å². The van der Waals surface area contributed by atoms with E-state index in [2.05, 4.69) is 0 Å². The molecule has 12 heavy (non-hydrogen) atoms. The van der Waals surface area contributed by atoms with Gasteiger partial charge in [0.1, 0.15) is 0 Å². The van der Waals surface area contributed by atoms with E-state index < -0.39 is 10.8 Å². The van der Waals surface area contributed by atoms with E-state index in [0.29, 0.717) is 0 Å². The van der Waals surface area contributed by atoms with E-state index in [0.717, 1.165) is 11.5 Å². The second kappa shape index (κ2) is 3.97. The van der Waals surface area contributed by atoms with Crippen LogP contribution in [0.5, 0.6) is 0 Å². The lowest BCUT2D eigenvalue weighted by Gasteiger charge is -2.15. The van der Waals surface area contributed by atoms with Gasteiger partial charge in [-0.2, -0.15) is 0 Å². The Bertz CT molecular complexity index is 225. The third kappa shape index (κ3) is 1.77. The number of allylic oxidation sites excluding steroid dienone is 1. The number of hydrogen-bond donors (Lipinski definition) is 0. The first kappa shape index (κ1) is 8.82. The van der Waals surface area contributed by atoms with Crippen molar-refractivity contribution in [1.82, 2.24) is 0 Å². The summed E-state index contributed by atoms with van der Waals surface area (Å²) < 4.78 is 12.8. The molecule has 1 heterocycles. The molecule has 1 unspecified atom stereocenters. The van der Waals surface area contributed by atoms with Gasteiger partial charge in [-0.15, -0.1) is 11.8 Å². The molecule has 1 nitrogen and oxygen atoms in total. The molecular formula is C9H14OS2. The van der Waals surface area contributed by atoms with E-state index >= 15 is 0 Å². The van der Waals surface area contributed by atoms with Gasteiger partial charge in [-0.25, -0.2) is 0 Å². The Morgan fingerprint density at radius 3 is 2.50 bits per heavy atom. The summed E-state index contributed by atoms with van der Waals surface area (Å²) in [5, 5.41) is 0. The number of hydrogen-bond acceptors (Lipinski definition) is 2. The van der Waals surface area contributed by atoms with Crippen LogP contribution in [-0.2, 0) is 10.8 Å². The van der Waals surface area contributed by atoms with E-state index in [1.54, 1.807) is 0 Å². The van der Waals surface area contributed by atoms with Gasteiger partial charge >= 0.3 is 0 Å². The van der Waals surface area contributed by atoms with Gasteiger partial charge < -0.3 is 0 Å². The average Bonchev–Trinajstić information content (AvgIpc) is 2.53. The first-order valence-electron chi connectivity index (χ1n) is 4.61. The predicted octanol–water partition coefficient (Wildman–Crippen LogP) is 2.66. The van der Waals surface area contributed by atoms with Crippen molar-refractivity contribution in [1.29, 1.82) is 0 Å². The minimum Gasteiger partial charge on any atom is -0.254 e. The molecule has 0 aromatic heterocycles. The molecule has 1 atom stereocenters. The summed E-state index contributed by atoms with van der Waals surface area (Å²) in [6.45, 7) is 0. The van der Waals surface area contributed by atoms with Gasteiger partial charge in [0.2, 0.25) is 0 Å². The summed E-state index contributed by atoms with van der Waals surface area (Å²) in [4.78, 5) is 0. The Hall–Kier alpha value is 0.240. The normalized spacial score (nSPS) is 31.2. The molecular weight excluding hydrogens is 188 g/mol. The monoisotopic (exact) mass is 202 g/mol.